The number of aryl methyl sites for hydroxylation is 1. The van der Waals surface area contributed by atoms with Crippen LogP contribution < -0.4 is 0 Å². The fraction of sp³-hybridized carbons (Fsp3) is 0.400. The Morgan fingerprint density at radius 2 is 1.64 bits per heavy atom. The first-order chi connectivity index (χ1) is 5.36. The van der Waals surface area contributed by atoms with Crippen molar-refractivity contribution in [2.75, 3.05) is 0 Å². The highest BCUT2D eigenvalue weighted by Gasteiger charge is 2.56. The molecule has 0 aromatic heterocycles. The third-order valence-corrected chi connectivity index (χ3v) is 1.89. The molecule has 1 saturated heterocycles. The van der Waals surface area contributed by atoms with E-state index in [9.17, 15) is 0 Å². The van der Waals surface area contributed by atoms with Gasteiger partial charge in [-0.15, -0.1) is 0 Å². The molecule has 2 fully saturated rings. The number of hydrogen-bond donors (Lipinski definition) is 0. The van der Waals surface area contributed by atoms with Gasteiger partial charge in [0.05, 0.1) is 12.2 Å². The Hall–Kier alpha value is -0.820. The number of rotatable bonds is 0. The molecule has 2 aliphatic rings. The molecule has 0 amide bonds. The van der Waals surface area contributed by atoms with Crippen molar-refractivity contribution in [3.8, 4) is 0 Å². The van der Waals surface area contributed by atoms with Crippen LogP contribution in [0.4, 0.5) is 0 Å². The topological polar surface area (TPSA) is 12.5 Å². The monoisotopic (exact) mass is 148 g/mol. The van der Waals surface area contributed by atoms with E-state index >= 15 is 0 Å². The van der Waals surface area contributed by atoms with Gasteiger partial charge in [0.25, 0.3) is 0 Å². The van der Waals surface area contributed by atoms with Crippen LogP contribution in [-0.2, 0) is 4.74 Å². The largest absolute Gasteiger partial charge is 0.369 e. The second kappa shape index (κ2) is 2.67. The van der Waals surface area contributed by atoms with Crippen LogP contribution in [0.1, 0.15) is 12.0 Å². The second-order valence-corrected chi connectivity index (χ2v) is 3.10. The molecular formula is C10H12O. The third-order valence-electron chi connectivity index (χ3n) is 1.89. The van der Waals surface area contributed by atoms with Gasteiger partial charge in [-0.3, -0.25) is 0 Å². The summed E-state index contributed by atoms with van der Waals surface area (Å²) in [6.45, 7) is 2.08. The van der Waals surface area contributed by atoms with Crippen molar-refractivity contribution in [3.63, 3.8) is 0 Å². The van der Waals surface area contributed by atoms with Crippen LogP contribution in [0.15, 0.2) is 30.3 Å². The molecule has 2 unspecified atom stereocenters. The molecule has 1 aliphatic heterocycles. The molecule has 1 heterocycles. The third kappa shape index (κ3) is 2.05. The predicted molar refractivity (Wildman–Crippen MR) is 44.5 cm³/mol. The van der Waals surface area contributed by atoms with Gasteiger partial charge in [0.2, 0.25) is 0 Å². The van der Waals surface area contributed by atoms with Gasteiger partial charge in [-0.2, -0.15) is 0 Å². The molecule has 2 atom stereocenters. The fourth-order valence-electron chi connectivity index (χ4n) is 0.853. The Labute approximate surface area is 67.0 Å². The van der Waals surface area contributed by atoms with Crippen molar-refractivity contribution >= 4 is 0 Å². The van der Waals surface area contributed by atoms with Crippen LogP contribution in [0.25, 0.3) is 0 Å². The first-order valence-corrected chi connectivity index (χ1v) is 4.03. The van der Waals surface area contributed by atoms with Crippen LogP contribution in [-0.4, -0.2) is 12.2 Å². The van der Waals surface area contributed by atoms with Gasteiger partial charge >= 0.3 is 0 Å². The normalized spacial score (nSPS) is 29.5. The van der Waals surface area contributed by atoms with Crippen LogP contribution in [0.2, 0.25) is 0 Å². The van der Waals surface area contributed by atoms with Crippen molar-refractivity contribution in [3.05, 3.63) is 35.9 Å². The van der Waals surface area contributed by atoms with Crippen LogP contribution in [0.3, 0.4) is 0 Å². The summed E-state index contributed by atoms with van der Waals surface area (Å²) in [7, 11) is 0. The number of ether oxygens (including phenoxy) is 1. The summed E-state index contributed by atoms with van der Waals surface area (Å²) < 4.78 is 4.81. The molecule has 1 aromatic carbocycles. The smallest absolute Gasteiger partial charge is 0.0868 e. The maximum absolute atomic E-state index is 4.81. The Bertz CT molecular complexity index is 218. The Morgan fingerprint density at radius 3 is 1.82 bits per heavy atom. The summed E-state index contributed by atoms with van der Waals surface area (Å²) in [6.07, 6.45) is 2.86. The zero-order valence-corrected chi connectivity index (χ0v) is 6.66. The van der Waals surface area contributed by atoms with Gasteiger partial charge in [0.15, 0.2) is 0 Å². The Balaban J connectivity index is 0.0000000986. The minimum atomic E-state index is 0.750. The quantitative estimate of drug-likeness (QED) is 0.513. The van der Waals surface area contributed by atoms with Crippen molar-refractivity contribution in [1.82, 2.24) is 0 Å². The summed E-state index contributed by atoms with van der Waals surface area (Å²) in [5, 5.41) is 0. The molecule has 1 nitrogen and oxygen atoms in total. The van der Waals surface area contributed by atoms with Crippen molar-refractivity contribution < 1.29 is 4.74 Å². The minimum absolute atomic E-state index is 0.750. The highest BCUT2D eigenvalue weighted by Crippen LogP contribution is 2.45. The van der Waals surface area contributed by atoms with E-state index in [1.807, 2.05) is 18.2 Å². The van der Waals surface area contributed by atoms with E-state index in [2.05, 4.69) is 19.1 Å². The van der Waals surface area contributed by atoms with Gasteiger partial charge in [0, 0.05) is 6.42 Å². The lowest BCUT2D eigenvalue weighted by Gasteiger charge is -1.82. The minimum Gasteiger partial charge on any atom is -0.369 e. The Morgan fingerprint density at radius 1 is 1.18 bits per heavy atom. The molecule has 0 radical (unpaired) electrons. The van der Waals surface area contributed by atoms with Crippen LogP contribution >= 0.6 is 0 Å². The maximum Gasteiger partial charge on any atom is 0.0868 e. The van der Waals surface area contributed by atoms with Gasteiger partial charge in [-0.25, -0.2) is 0 Å². The number of benzene rings is 1. The first-order valence-electron chi connectivity index (χ1n) is 4.03. The Kier molecular flexibility index (Phi) is 1.66. The standard InChI is InChI=1S/C7H8.C3H4O/c1-7-5-3-2-4-6-7;1-2-3(1)4-2/h2-6H,1H3;2-3H,1H2. The first kappa shape index (κ1) is 6.86. The molecule has 0 bridgehead atoms. The maximum atomic E-state index is 4.81. The van der Waals surface area contributed by atoms with E-state index in [4.69, 9.17) is 4.74 Å². The van der Waals surface area contributed by atoms with Gasteiger partial charge in [-0.05, 0) is 6.92 Å². The molecule has 1 heteroatoms. The number of epoxide rings is 1. The molecule has 0 N–H and O–H groups in total. The van der Waals surface area contributed by atoms with E-state index < -0.39 is 0 Å². The predicted octanol–water partition coefficient (Wildman–Crippen LogP) is 2.15. The van der Waals surface area contributed by atoms with Crippen LogP contribution in [0.5, 0.6) is 0 Å². The van der Waals surface area contributed by atoms with Gasteiger partial charge in [0.1, 0.15) is 0 Å². The average molecular weight is 148 g/mol. The molecule has 3 rings (SSSR count). The van der Waals surface area contributed by atoms with E-state index in [-0.39, 0.29) is 0 Å². The zero-order valence-electron chi connectivity index (χ0n) is 6.66. The molecule has 11 heavy (non-hydrogen) atoms. The molecule has 1 aliphatic carbocycles. The lowest BCUT2D eigenvalue weighted by atomic mass is 10.2. The SMILES string of the molecule is C1C2OC12.Cc1ccccc1. The van der Waals surface area contributed by atoms with E-state index in [0.29, 0.717) is 0 Å². The molecule has 58 valence electrons. The summed E-state index contributed by atoms with van der Waals surface area (Å²) >= 11 is 0. The summed E-state index contributed by atoms with van der Waals surface area (Å²) in [5.41, 5.74) is 1.32. The number of fused-ring (bicyclic) bond motifs is 1. The highest BCUT2D eigenvalue weighted by atomic mass is 16.6. The lowest BCUT2D eigenvalue weighted by molar-refractivity contribution is 0.295. The number of hydrogen-bond acceptors (Lipinski definition) is 1. The summed E-state index contributed by atoms with van der Waals surface area (Å²) in [6, 6.07) is 10.3. The zero-order chi connectivity index (χ0) is 7.68. The van der Waals surface area contributed by atoms with Crippen molar-refractivity contribution in [2.24, 2.45) is 0 Å². The molecule has 0 spiro atoms. The summed E-state index contributed by atoms with van der Waals surface area (Å²) in [5.74, 6) is 0. The van der Waals surface area contributed by atoms with Gasteiger partial charge < -0.3 is 4.74 Å². The molecular weight excluding hydrogens is 136 g/mol. The molecule has 1 saturated carbocycles. The lowest BCUT2D eigenvalue weighted by Crippen LogP contribution is -1.62. The van der Waals surface area contributed by atoms with Crippen molar-refractivity contribution in [1.29, 1.82) is 0 Å². The highest BCUT2D eigenvalue weighted by molar-refractivity contribution is 5.11. The van der Waals surface area contributed by atoms with E-state index in [1.54, 1.807) is 0 Å². The fourth-order valence-corrected chi connectivity index (χ4v) is 0.853. The second-order valence-electron chi connectivity index (χ2n) is 3.10. The van der Waals surface area contributed by atoms with E-state index in [1.165, 1.54) is 12.0 Å². The van der Waals surface area contributed by atoms with Crippen molar-refractivity contribution in [2.45, 2.75) is 25.6 Å². The molecule has 1 aromatic rings. The van der Waals surface area contributed by atoms with Gasteiger partial charge in [-0.1, -0.05) is 35.9 Å². The van der Waals surface area contributed by atoms with E-state index in [0.717, 1.165) is 12.2 Å². The average Bonchev–Trinajstić information content (AvgIpc) is 2.74. The summed E-state index contributed by atoms with van der Waals surface area (Å²) in [4.78, 5) is 0. The van der Waals surface area contributed by atoms with Crippen LogP contribution in [0, 0.1) is 6.92 Å².